The summed E-state index contributed by atoms with van der Waals surface area (Å²) in [5, 5.41) is 3.16. The fraction of sp³-hybridized carbons (Fsp3) is 0.611. The highest BCUT2D eigenvalue weighted by molar-refractivity contribution is 6.05. The van der Waals surface area contributed by atoms with Gasteiger partial charge in [-0.05, 0) is 32.8 Å². The van der Waals surface area contributed by atoms with Crippen molar-refractivity contribution in [3.8, 4) is 0 Å². The van der Waals surface area contributed by atoms with Crippen LogP contribution in [0.2, 0.25) is 0 Å². The predicted octanol–water partition coefficient (Wildman–Crippen LogP) is 1.31. The number of hydrogen-bond acceptors (Lipinski definition) is 4. The first kappa shape index (κ1) is 16.3. The molecule has 2 aromatic heterocycles. The number of piperazine rings is 1. The number of carbonyl (C=O) groups excluding carboxylic acids is 1. The van der Waals surface area contributed by atoms with E-state index in [9.17, 15) is 9.59 Å². The molecule has 1 saturated carbocycles. The Morgan fingerprint density at radius 2 is 1.92 bits per heavy atom. The highest BCUT2D eigenvalue weighted by Crippen LogP contribution is 2.40. The van der Waals surface area contributed by atoms with Crippen molar-refractivity contribution in [3.63, 3.8) is 0 Å². The Bertz CT molecular complexity index is 869. The third kappa shape index (κ3) is 2.86. The molecule has 0 aromatic carbocycles. The van der Waals surface area contributed by atoms with Crippen LogP contribution in [-0.2, 0) is 7.05 Å². The molecule has 1 aliphatic carbocycles. The molecule has 2 aromatic rings. The summed E-state index contributed by atoms with van der Waals surface area (Å²) in [7, 11) is 1.77. The van der Waals surface area contributed by atoms with Gasteiger partial charge in [0, 0.05) is 50.9 Å². The second kappa shape index (κ2) is 5.98. The SMILES string of the molecule is CC(C)N1CCN(C(=O)c2cc(C3CC3)nc3c2c(=O)[nH]n3C)CC1. The zero-order valence-corrected chi connectivity index (χ0v) is 15.1. The summed E-state index contributed by atoms with van der Waals surface area (Å²) in [4.78, 5) is 34.4. The molecule has 0 unspecified atom stereocenters. The van der Waals surface area contributed by atoms with Crippen LogP contribution in [0, 0.1) is 0 Å². The maximum Gasteiger partial charge on any atom is 0.274 e. The van der Waals surface area contributed by atoms with E-state index in [1.54, 1.807) is 11.7 Å². The van der Waals surface area contributed by atoms with Gasteiger partial charge in [0.2, 0.25) is 0 Å². The fourth-order valence-electron chi connectivity index (χ4n) is 3.65. The smallest absolute Gasteiger partial charge is 0.274 e. The minimum absolute atomic E-state index is 0.0468. The first-order chi connectivity index (χ1) is 12.0. The molecule has 0 bridgehead atoms. The van der Waals surface area contributed by atoms with Crippen molar-refractivity contribution < 1.29 is 4.79 Å². The molecule has 7 heteroatoms. The van der Waals surface area contributed by atoms with Gasteiger partial charge in [-0.25, -0.2) is 4.98 Å². The van der Waals surface area contributed by atoms with Crippen LogP contribution in [0.4, 0.5) is 0 Å². The second-order valence-electron chi connectivity index (χ2n) is 7.49. The summed E-state index contributed by atoms with van der Waals surface area (Å²) in [6, 6.07) is 2.34. The highest BCUT2D eigenvalue weighted by Gasteiger charge is 2.30. The van der Waals surface area contributed by atoms with Crippen molar-refractivity contribution in [3.05, 3.63) is 27.7 Å². The Morgan fingerprint density at radius 3 is 2.52 bits per heavy atom. The molecular formula is C18H25N5O2. The van der Waals surface area contributed by atoms with Crippen LogP contribution in [0.25, 0.3) is 11.0 Å². The first-order valence-electron chi connectivity index (χ1n) is 9.08. The normalized spacial score (nSPS) is 19.1. The second-order valence-corrected chi connectivity index (χ2v) is 7.49. The maximum atomic E-state index is 13.2. The number of pyridine rings is 1. The lowest BCUT2D eigenvalue weighted by Gasteiger charge is -2.37. The van der Waals surface area contributed by atoms with Gasteiger partial charge in [0.05, 0.1) is 10.9 Å². The van der Waals surface area contributed by atoms with E-state index in [0.717, 1.165) is 31.6 Å². The third-order valence-corrected chi connectivity index (χ3v) is 5.39. The number of aromatic nitrogens is 3. The lowest BCUT2D eigenvalue weighted by atomic mass is 10.1. The molecule has 1 amide bonds. The predicted molar refractivity (Wildman–Crippen MR) is 95.9 cm³/mol. The van der Waals surface area contributed by atoms with Gasteiger partial charge in [0.25, 0.3) is 11.5 Å². The van der Waals surface area contributed by atoms with Gasteiger partial charge < -0.3 is 4.90 Å². The Hall–Kier alpha value is -2.15. The van der Waals surface area contributed by atoms with Crippen molar-refractivity contribution in [1.82, 2.24) is 24.6 Å². The molecule has 0 spiro atoms. The fourth-order valence-corrected chi connectivity index (χ4v) is 3.65. The van der Waals surface area contributed by atoms with Gasteiger partial charge in [0.15, 0.2) is 5.65 Å². The Balaban J connectivity index is 1.70. The minimum Gasteiger partial charge on any atom is -0.336 e. The average molecular weight is 343 g/mol. The minimum atomic E-state index is -0.239. The molecular weight excluding hydrogens is 318 g/mol. The van der Waals surface area contributed by atoms with E-state index in [1.807, 2.05) is 11.0 Å². The van der Waals surface area contributed by atoms with Crippen LogP contribution in [0.1, 0.15) is 48.7 Å². The molecule has 1 N–H and O–H groups in total. The van der Waals surface area contributed by atoms with Crippen molar-refractivity contribution in [1.29, 1.82) is 0 Å². The molecule has 0 atom stereocenters. The summed E-state index contributed by atoms with van der Waals surface area (Å²) in [5.74, 6) is 0.383. The molecule has 1 aliphatic heterocycles. The molecule has 25 heavy (non-hydrogen) atoms. The lowest BCUT2D eigenvalue weighted by Crippen LogP contribution is -2.50. The largest absolute Gasteiger partial charge is 0.336 e. The number of carbonyl (C=O) groups is 1. The lowest BCUT2D eigenvalue weighted by molar-refractivity contribution is 0.0597. The van der Waals surface area contributed by atoms with Crippen LogP contribution in [-0.4, -0.2) is 62.7 Å². The van der Waals surface area contributed by atoms with E-state index in [1.165, 1.54) is 0 Å². The van der Waals surface area contributed by atoms with Crippen molar-refractivity contribution in [2.24, 2.45) is 7.05 Å². The number of H-pyrrole nitrogens is 1. The molecule has 134 valence electrons. The highest BCUT2D eigenvalue weighted by atomic mass is 16.2. The molecule has 2 aliphatic rings. The molecule has 7 nitrogen and oxygen atoms in total. The van der Waals surface area contributed by atoms with Crippen LogP contribution in [0.5, 0.6) is 0 Å². The van der Waals surface area contributed by atoms with E-state index in [-0.39, 0.29) is 11.5 Å². The number of nitrogens with zero attached hydrogens (tertiary/aromatic N) is 4. The monoisotopic (exact) mass is 343 g/mol. The zero-order chi connectivity index (χ0) is 17.7. The summed E-state index contributed by atoms with van der Waals surface area (Å²) < 4.78 is 1.62. The van der Waals surface area contributed by atoms with Gasteiger partial charge in [-0.2, -0.15) is 0 Å². The maximum absolute atomic E-state index is 13.2. The van der Waals surface area contributed by atoms with E-state index < -0.39 is 0 Å². The van der Waals surface area contributed by atoms with Crippen LogP contribution >= 0.6 is 0 Å². The summed E-state index contributed by atoms with van der Waals surface area (Å²) in [6.07, 6.45) is 2.22. The number of fused-ring (bicyclic) bond motifs is 1. The van der Waals surface area contributed by atoms with Crippen LogP contribution in [0.15, 0.2) is 10.9 Å². The molecule has 3 heterocycles. The van der Waals surface area contributed by atoms with Gasteiger partial charge in [-0.3, -0.25) is 24.3 Å². The van der Waals surface area contributed by atoms with Crippen molar-refractivity contribution >= 4 is 16.9 Å². The Kier molecular flexibility index (Phi) is 3.91. The van der Waals surface area contributed by atoms with E-state index in [0.29, 0.717) is 41.6 Å². The van der Waals surface area contributed by atoms with Gasteiger partial charge in [-0.15, -0.1) is 0 Å². The molecule has 4 rings (SSSR count). The van der Waals surface area contributed by atoms with Crippen molar-refractivity contribution in [2.75, 3.05) is 26.2 Å². The third-order valence-electron chi connectivity index (χ3n) is 5.39. The van der Waals surface area contributed by atoms with E-state index >= 15 is 0 Å². The van der Waals surface area contributed by atoms with E-state index in [4.69, 9.17) is 0 Å². The quantitative estimate of drug-likeness (QED) is 0.912. The standard InChI is InChI=1S/C18H25N5O2/c1-11(2)22-6-8-23(9-7-22)18(25)13-10-14(12-4-5-12)19-16-15(13)17(24)20-21(16)3/h10-12H,4-9H2,1-3H3,(H,20,24). The summed E-state index contributed by atoms with van der Waals surface area (Å²) in [6.45, 7) is 7.50. The topological polar surface area (TPSA) is 74.2 Å². The Labute approximate surface area is 146 Å². The van der Waals surface area contributed by atoms with Gasteiger partial charge in [0.1, 0.15) is 0 Å². The number of rotatable bonds is 3. The van der Waals surface area contributed by atoms with Crippen LogP contribution in [0.3, 0.4) is 0 Å². The molecule has 2 fully saturated rings. The first-order valence-corrected chi connectivity index (χ1v) is 9.08. The number of aryl methyl sites for hydroxylation is 1. The summed E-state index contributed by atoms with van der Waals surface area (Å²) in [5.41, 5.74) is 1.79. The molecule has 0 radical (unpaired) electrons. The Morgan fingerprint density at radius 1 is 1.24 bits per heavy atom. The number of amides is 1. The zero-order valence-electron chi connectivity index (χ0n) is 15.1. The van der Waals surface area contributed by atoms with Crippen molar-refractivity contribution in [2.45, 2.75) is 38.6 Å². The average Bonchev–Trinajstić information content (AvgIpc) is 3.41. The number of aromatic amines is 1. The number of nitrogens with one attached hydrogen (secondary N) is 1. The molecule has 1 saturated heterocycles. The van der Waals surface area contributed by atoms with Gasteiger partial charge in [-0.1, -0.05) is 0 Å². The van der Waals surface area contributed by atoms with Crippen LogP contribution < -0.4 is 5.56 Å². The summed E-state index contributed by atoms with van der Waals surface area (Å²) >= 11 is 0. The van der Waals surface area contributed by atoms with Gasteiger partial charge >= 0.3 is 0 Å². The number of hydrogen-bond donors (Lipinski definition) is 1. The van der Waals surface area contributed by atoms with E-state index in [2.05, 4.69) is 28.8 Å².